The van der Waals surface area contributed by atoms with Crippen molar-refractivity contribution in [2.45, 2.75) is 32.6 Å². The molecule has 0 aliphatic rings. The fourth-order valence-electron chi connectivity index (χ4n) is 3.72. The van der Waals surface area contributed by atoms with Crippen molar-refractivity contribution in [2.75, 3.05) is 23.8 Å². The Morgan fingerprint density at radius 3 is 2.34 bits per heavy atom. The number of carbonyl (C=O) groups excluding carboxylic acids is 1. The topological polar surface area (TPSA) is 115 Å². The normalized spacial score (nSPS) is 11.9. The molecule has 0 aliphatic heterocycles. The minimum absolute atomic E-state index is 0.0942. The number of amides is 1. The van der Waals surface area contributed by atoms with Crippen LogP contribution in [-0.2, 0) is 19.1 Å². The van der Waals surface area contributed by atoms with Crippen molar-refractivity contribution in [3.8, 4) is 11.3 Å². The fraction of sp³-hybridized carbons (Fsp3) is 0.241. The molecular weight excluding hydrogens is 504 g/mol. The summed E-state index contributed by atoms with van der Waals surface area (Å²) in [5, 5.41) is 6.27. The first-order chi connectivity index (χ1) is 18.0. The first kappa shape index (κ1) is 27.1. The maximum atomic E-state index is 13.1. The summed E-state index contributed by atoms with van der Waals surface area (Å²) >= 11 is 0. The largest absolute Gasteiger partial charge is 0.456 e. The van der Waals surface area contributed by atoms with Gasteiger partial charge in [-0.25, -0.2) is 0 Å². The molecule has 0 unspecified atom stereocenters. The second kappa shape index (κ2) is 10.8. The van der Waals surface area contributed by atoms with Crippen molar-refractivity contribution in [1.29, 1.82) is 0 Å². The zero-order chi connectivity index (χ0) is 27.5. The molecule has 1 heterocycles. The standard InChI is InChI=1S/C29H30N2O6S/c1-19-12-14-20(15-13-19)38(34,35)36-17-16-30-22-9-6-5-8-21(22)26-18-24(32)27-23(10-7-11-25(27)37-26)31-28(33)29(2,3)4/h5-15,18,30H,16-17H2,1-4H3,(H,31,33). The molecule has 9 heteroatoms. The van der Waals surface area contributed by atoms with Gasteiger partial charge in [-0.1, -0.05) is 56.7 Å². The van der Waals surface area contributed by atoms with Crippen molar-refractivity contribution < 1.29 is 21.8 Å². The summed E-state index contributed by atoms with van der Waals surface area (Å²) in [6.45, 7) is 7.36. The second-order valence-electron chi connectivity index (χ2n) is 9.92. The van der Waals surface area contributed by atoms with Gasteiger partial charge in [0.1, 0.15) is 11.3 Å². The minimum Gasteiger partial charge on any atom is -0.456 e. The third kappa shape index (κ3) is 6.12. The molecule has 1 amide bonds. The highest BCUT2D eigenvalue weighted by molar-refractivity contribution is 7.86. The molecule has 0 radical (unpaired) electrons. The van der Waals surface area contributed by atoms with Crippen molar-refractivity contribution in [3.05, 3.63) is 88.6 Å². The smallest absolute Gasteiger partial charge is 0.297 e. The van der Waals surface area contributed by atoms with Gasteiger partial charge in [0.05, 0.1) is 22.6 Å². The Hall–Kier alpha value is -3.95. The highest BCUT2D eigenvalue weighted by atomic mass is 32.2. The number of rotatable bonds is 8. The number of nitrogens with one attached hydrogen (secondary N) is 2. The van der Waals surface area contributed by atoms with E-state index in [-0.39, 0.29) is 34.8 Å². The van der Waals surface area contributed by atoms with Crippen LogP contribution in [0.5, 0.6) is 0 Å². The Morgan fingerprint density at radius 1 is 0.947 bits per heavy atom. The molecule has 0 saturated heterocycles. The number of carbonyl (C=O) groups is 1. The molecule has 0 atom stereocenters. The van der Waals surface area contributed by atoms with Crippen LogP contribution in [0.1, 0.15) is 26.3 Å². The van der Waals surface area contributed by atoms with Gasteiger partial charge < -0.3 is 15.1 Å². The Labute approximate surface area is 221 Å². The van der Waals surface area contributed by atoms with E-state index in [2.05, 4.69) is 10.6 Å². The van der Waals surface area contributed by atoms with Gasteiger partial charge in [0.15, 0.2) is 5.43 Å². The lowest BCUT2D eigenvalue weighted by molar-refractivity contribution is -0.123. The average Bonchev–Trinajstić information content (AvgIpc) is 2.86. The van der Waals surface area contributed by atoms with E-state index in [0.717, 1.165) is 5.56 Å². The van der Waals surface area contributed by atoms with Crippen LogP contribution in [0.25, 0.3) is 22.3 Å². The van der Waals surface area contributed by atoms with E-state index in [1.807, 2.05) is 19.1 Å². The maximum Gasteiger partial charge on any atom is 0.297 e. The molecular formula is C29H30N2O6S. The van der Waals surface area contributed by atoms with E-state index in [9.17, 15) is 18.0 Å². The number of para-hydroxylation sites is 1. The van der Waals surface area contributed by atoms with Crippen LogP contribution < -0.4 is 16.1 Å². The van der Waals surface area contributed by atoms with Gasteiger partial charge in [0, 0.05) is 29.3 Å². The first-order valence-electron chi connectivity index (χ1n) is 12.1. The molecule has 0 spiro atoms. The van der Waals surface area contributed by atoms with E-state index in [1.165, 1.54) is 18.2 Å². The van der Waals surface area contributed by atoms with Gasteiger partial charge in [-0.15, -0.1) is 0 Å². The third-order valence-corrected chi connectivity index (χ3v) is 7.17. The Balaban J connectivity index is 1.54. The van der Waals surface area contributed by atoms with E-state index < -0.39 is 15.5 Å². The quantitative estimate of drug-likeness (QED) is 0.224. The SMILES string of the molecule is Cc1ccc(S(=O)(=O)OCCNc2ccccc2-c2cc(=O)c3c(NC(=O)C(C)(C)C)cccc3o2)cc1. The minimum atomic E-state index is -3.88. The lowest BCUT2D eigenvalue weighted by Gasteiger charge is -2.18. The van der Waals surface area contributed by atoms with Crippen LogP contribution in [0.15, 0.2) is 86.9 Å². The van der Waals surface area contributed by atoms with Crippen LogP contribution in [0.4, 0.5) is 11.4 Å². The van der Waals surface area contributed by atoms with Gasteiger partial charge in [0.25, 0.3) is 10.1 Å². The van der Waals surface area contributed by atoms with Crippen LogP contribution >= 0.6 is 0 Å². The monoisotopic (exact) mass is 534 g/mol. The predicted molar refractivity (Wildman–Crippen MR) is 149 cm³/mol. The van der Waals surface area contributed by atoms with E-state index >= 15 is 0 Å². The lowest BCUT2D eigenvalue weighted by atomic mass is 9.95. The molecule has 0 fully saturated rings. The van der Waals surface area contributed by atoms with Gasteiger partial charge in [-0.3, -0.25) is 13.8 Å². The number of aryl methyl sites for hydroxylation is 1. The first-order valence-corrected chi connectivity index (χ1v) is 13.5. The molecule has 8 nitrogen and oxygen atoms in total. The number of hydrogen-bond acceptors (Lipinski definition) is 7. The predicted octanol–water partition coefficient (Wildman–Crippen LogP) is 5.57. The summed E-state index contributed by atoms with van der Waals surface area (Å²) < 4.78 is 36.1. The summed E-state index contributed by atoms with van der Waals surface area (Å²) in [6.07, 6.45) is 0. The summed E-state index contributed by atoms with van der Waals surface area (Å²) in [7, 11) is -3.88. The number of anilines is 2. The molecule has 0 aliphatic carbocycles. The Bertz CT molecular complexity index is 1630. The summed E-state index contributed by atoms with van der Waals surface area (Å²) in [5.74, 6) is 0.118. The lowest BCUT2D eigenvalue weighted by Crippen LogP contribution is -2.28. The van der Waals surface area contributed by atoms with Gasteiger partial charge >= 0.3 is 0 Å². The van der Waals surface area contributed by atoms with E-state index in [1.54, 1.807) is 63.2 Å². The molecule has 0 saturated carbocycles. The highest BCUT2D eigenvalue weighted by Crippen LogP contribution is 2.31. The maximum absolute atomic E-state index is 13.1. The Kier molecular flexibility index (Phi) is 7.71. The number of fused-ring (bicyclic) bond motifs is 1. The summed E-state index contributed by atoms with van der Waals surface area (Å²) in [5.41, 5.74) is 2.01. The van der Waals surface area contributed by atoms with Crippen LogP contribution in [0.3, 0.4) is 0 Å². The van der Waals surface area contributed by atoms with Crippen molar-refractivity contribution in [2.24, 2.45) is 5.41 Å². The average molecular weight is 535 g/mol. The second-order valence-corrected chi connectivity index (χ2v) is 11.5. The fourth-order valence-corrected chi connectivity index (χ4v) is 4.63. The molecule has 3 aromatic carbocycles. The molecule has 4 aromatic rings. The van der Waals surface area contributed by atoms with Crippen molar-refractivity contribution in [3.63, 3.8) is 0 Å². The van der Waals surface area contributed by atoms with Gasteiger partial charge in [0.2, 0.25) is 5.91 Å². The number of benzene rings is 3. The van der Waals surface area contributed by atoms with Crippen LogP contribution in [-0.4, -0.2) is 27.5 Å². The van der Waals surface area contributed by atoms with Crippen molar-refractivity contribution >= 4 is 38.4 Å². The summed E-state index contributed by atoms with van der Waals surface area (Å²) in [4.78, 5) is 25.7. The third-order valence-electron chi connectivity index (χ3n) is 5.84. The zero-order valence-electron chi connectivity index (χ0n) is 21.7. The molecule has 0 bridgehead atoms. The van der Waals surface area contributed by atoms with Crippen molar-refractivity contribution in [1.82, 2.24) is 0 Å². The highest BCUT2D eigenvalue weighted by Gasteiger charge is 2.23. The molecule has 198 valence electrons. The van der Waals surface area contributed by atoms with Gasteiger partial charge in [-0.2, -0.15) is 8.42 Å². The van der Waals surface area contributed by atoms with Crippen LogP contribution in [0, 0.1) is 12.3 Å². The molecule has 2 N–H and O–H groups in total. The van der Waals surface area contributed by atoms with Gasteiger partial charge in [-0.05, 0) is 43.3 Å². The van der Waals surface area contributed by atoms with E-state index in [4.69, 9.17) is 8.60 Å². The number of hydrogen-bond donors (Lipinski definition) is 2. The molecule has 4 rings (SSSR count). The molecule has 38 heavy (non-hydrogen) atoms. The van der Waals surface area contributed by atoms with Crippen LogP contribution in [0.2, 0.25) is 0 Å². The Morgan fingerprint density at radius 2 is 1.63 bits per heavy atom. The summed E-state index contributed by atoms with van der Waals surface area (Å²) in [6, 6.07) is 20.1. The zero-order valence-corrected chi connectivity index (χ0v) is 22.5. The molecule has 1 aromatic heterocycles. The van der Waals surface area contributed by atoms with E-state index in [0.29, 0.717) is 28.3 Å².